The lowest BCUT2D eigenvalue weighted by molar-refractivity contribution is -0.119. The number of aromatic nitrogens is 6. The van der Waals surface area contributed by atoms with Crippen LogP contribution in [-0.4, -0.2) is 47.1 Å². The Labute approximate surface area is 293 Å². The molecule has 0 spiro atoms. The smallest absolute Gasteiger partial charge is 0.217 e. The topological polar surface area (TPSA) is 201 Å². The fourth-order valence-electron chi connectivity index (χ4n) is 6.06. The molecule has 50 heavy (non-hydrogen) atoms. The summed E-state index contributed by atoms with van der Waals surface area (Å²) in [5.41, 5.74) is 20.2. The number of aromatic amines is 1. The summed E-state index contributed by atoms with van der Waals surface area (Å²) in [5, 5.41) is 20.3. The number of hydrogen-bond acceptors (Lipinski definition) is 9. The van der Waals surface area contributed by atoms with Crippen molar-refractivity contribution in [3.8, 4) is 0 Å². The molecule has 0 aliphatic heterocycles. The third kappa shape index (κ3) is 6.17. The summed E-state index contributed by atoms with van der Waals surface area (Å²) >= 11 is 3.15. The van der Waals surface area contributed by atoms with Crippen molar-refractivity contribution >= 4 is 82.8 Å². The summed E-state index contributed by atoms with van der Waals surface area (Å²) < 4.78 is 4.18. The highest BCUT2D eigenvalue weighted by Gasteiger charge is 2.17. The number of fused-ring (bicyclic) bond motifs is 4. The van der Waals surface area contributed by atoms with Gasteiger partial charge >= 0.3 is 0 Å². The van der Waals surface area contributed by atoms with Crippen molar-refractivity contribution in [1.29, 1.82) is 10.8 Å². The highest BCUT2D eigenvalue weighted by atomic mass is 32.1. The molecular weight excluding hydrogens is 667 g/mol. The summed E-state index contributed by atoms with van der Waals surface area (Å²) in [7, 11) is 0. The van der Waals surface area contributed by atoms with Crippen LogP contribution < -0.4 is 16.8 Å². The number of nitrogens with two attached hydrogens (primary N) is 2. The average Bonchev–Trinajstić information content (AvgIpc) is 3.86. The Balaban J connectivity index is 1.10. The van der Waals surface area contributed by atoms with Crippen LogP contribution in [0.15, 0.2) is 72.8 Å². The van der Waals surface area contributed by atoms with Gasteiger partial charge in [0.2, 0.25) is 5.91 Å². The molecule has 14 heteroatoms. The number of nitrogens with zero attached hydrogens (tertiary/aromatic N) is 5. The van der Waals surface area contributed by atoms with E-state index in [-0.39, 0.29) is 17.6 Å². The predicted molar refractivity (Wildman–Crippen MR) is 199 cm³/mol. The van der Waals surface area contributed by atoms with Gasteiger partial charge in [0, 0.05) is 31.1 Å². The zero-order chi connectivity index (χ0) is 34.5. The number of amidine groups is 2. The highest BCUT2D eigenvalue weighted by Crippen LogP contribution is 2.29. The monoisotopic (exact) mass is 697 g/mol. The highest BCUT2D eigenvalue weighted by molar-refractivity contribution is 7.18. The third-order valence-corrected chi connectivity index (χ3v) is 10.5. The number of hydrogen-bond donors (Lipinski definition) is 6. The molecule has 1 amide bonds. The van der Waals surface area contributed by atoms with Gasteiger partial charge in [-0.15, -0.1) is 22.7 Å². The molecule has 8 N–H and O–H groups in total. The fourth-order valence-corrected chi connectivity index (χ4v) is 8.07. The van der Waals surface area contributed by atoms with Gasteiger partial charge in [0.1, 0.15) is 33.3 Å². The van der Waals surface area contributed by atoms with Crippen LogP contribution in [0.2, 0.25) is 0 Å². The van der Waals surface area contributed by atoms with Gasteiger partial charge in [-0.2, -0.15) is 0 Å². The van der Waals surface area contributed by atoms with E-state index in [0.717, 1.165) is 75.3 Å². The van der Waals surface area contributed by atoms with Crippen LogP contribution in [0.5, 0.6) is 0 Å². The van der Waals surface area contributed by atoms with E-state index in [1.807, 2.05) is 54.6 Å². The number of carbonyl (C=O) groups is 1. The molecule has 4 aromatic carbocycles. The minimum atomic E-state index is -0.0826. The number of nitrogen functional groups attached to an aromatic ring is 2. The predicted octanol–water partition coefficient (Wildman–Crippen LogP) is 5.57. The Bertz CT molecular complexity index is 2650. The van der Waals surface area contributed by atoms with Crippen LogP contribution in [0.25, 0.3) is 42.5 Å². The molecule has 8 aromatic rings. The third-order valence-electron chi connectivity index (χ3n) is 8.48. The number of benzene rings is 4. The largest absolute Gasteiger partial charge is 0.384 e. The van der Waals surface area contributed by atoms with Crippen LogP contribution in [0, 0.1) is 10.8 Å². The Morgan fingerprint density at radius 3 is 2.06 bits per heavy atom. The number of amides is 1. The molecule has 0 unspecified atom stereocenters. The van der Waals surface area contributed by atoms with Crippen LogP contribution >= 0.6 is 22.7 Å². The Hall–Kier alpha value is -5.99. The molecule has 0 bridgehead atoms. The molecule has 0 atom stereocenters. The maximum atomic E-state index is 11.6. The number of nitrogens with one attached hydrogen (secondary N) is 4. The summed E-state index contributed by atoms with van der Waals surface area (Å²) in [6.45, 7) is 2.52. The second-order valence-corrected chi connectivity index (χ2v) is 14.4. The Morgan fingerprint density at radius 2 is 1.40 bits per heavy atom. The second kappa shape index (κ2) is 12.5. The lowest BCUT2D eigenvalue weighted by atomic mass is 10.1. The molecule has 0 radical (unpaired) electrons. The quantitative estimate of drug-likeness (QED) is 0.0792. The molecule has 12 nitrogen and oxygen atoms in total. The maximum absolute atomic E-state index is 11.6. The number of carbonyl (C=O) groups excluding carboxylic acids is 1. The molecule has 248 valence electrons. The minimum absolute atomic E-state index is 0.0288. The van der Waals surface area contributed by atoms with Crippen molar-refractivity contribution in [3.05, 3.63) is 117 Å². The molecule has 4 aromatic heterocycles. The number of rotatable bonds is 10. The van der Waals surface area contributed by atoms with E-state index in [0.29, 0.717) is 37.1 Å². The van der Waals surface area contributed by atoms with Crippen molar-refractivity contribution < 1.29 is 4.79 Å². The molecule has 0 saturated heterocycles. The lowest BCUT2D eigenvalue weighted by Gasteiger charge is -2.10. The first-order valence-electron chi connectivity index (χ1n) is 15.8. The molecular formula is C36H31N11OS2. The lowest BCUT2D eigenvalue weighted by Crippen LogP contribution is -2.18. The summed E-state index contributed by atoms with van der Waals surface area (Å²) in [4.78, 5) is 34.6. The molecule has 8 rings (SSSR count). The Kier molecular flexibility index (Phi) is 7.81. The van der Waals surface area contributed by atoms with Crippen LogP contribution in [0.1, 0.15) is 50.8 Å². The normalized spacial score (nSPS) is 11.6. The van der Waals surface area contributed by atoms with Crippen LogP contribution in [0.4, 0.5) is 0 Å². The first kappa shape index (κ1) is 31.3. The van der Waals surface area contributed by atoms with Gasteiger partial charge in [0.25, 0.3) is 0 Å². The second-order valence-electron chi connectivity index (χ2n) is 12.1. The molecule has 0 aliphatic carbocycles. The van der Waals surface area contributed by atoms with Crippen molar-refractivity contribution in [2.75, 3.05) is 0 Å². The maximum Gasteiger partial charge on any atom is 0.217 e. The summed E-state index contributed by atoms with van der Waals surface area (Å²) in [6.07, 6.45) is 1.09. The molecule has 4 heterocycles. The van der Waals surface area contributed by atoms with Gasteiger partial charge in [-0.3, -0.25) is 15.6 Å². The van der Waals surface area contributed by atoms with Gasteiger partial charge in [-0.1, -0.05) is 12.1 Å². The van der Waals surface area contributed by atoms with Crippen molar-refractivity contribution in [1.82, 2.24) is 34.8 Å². The van der Waals surface area contributed by atoms with E-state index in [1.54, 1.807) is 22.7 Å². The first-order chi connectivity index (χ1) is 24.1. The molecule has 0 fully saturated rings. The van der Waals surface area contributed by atoms with Gasteiger partial charge in [-0.25, -0.2) is 19.9 Å². The molecule has 0 saturated carbocycles. The van der Waals surface area contributed by atoms with E-state index in [9.17, 15) is 4.79 Å². The van der Waals surface area contributed by atoms with Crippen molar-refractivity contribution in [2.24, 2.45) is 11.5 Å². The van der Waals surface area contributed by atoms with E-state index in [2.05, 4.69) is 33.1 Å². The van der Waals surface area contributed by atoms with Gasteiger partial charge < -0.3 is 26.3 Å². The van der Waals surface area contributed by atoms with Crippen molar-refractivity contribution in [2.45, 2.75) is 32.9 Å². The zero-order valence-corrected chi connectivity index (χ0v) is 28.5. The summed E-state index contributed by atoms with van der Waals surface area (Å²) in [5.74, 6) is 1.68. The Morgan fingerprint density at radius 1 is 0.760 bits per heavy atom. The first-order valence-corrected chi connectivity index (χ1v) is 17.5. The minimum Gasteiger partial charge on any atom is -0.384 e. The molecule has 0 aliphatic rings. The number of imidazole rings is 2. The van der Waals surface area contributed by atoms with Crippen LogP contribution in [0.3, 0.4) is 0 Å². The number of thiazole rings is 2. The van der Waals surface area contributed by atoms with Gasteiger partial charge in [-0.05, 0) is 71.8 Å². The van der Waals surface area contributed by atoms with Crippen molar-refractivity contribution in [3.63, 3.8) is 0 Å². The fraction of sp³-hybridized carbons (Fsp3) is 0.139. The average molecular weight is 698 g/mol. The van der Waals surface area contributed by atoms with Crippen LogP contribution in [-0.2, 0) is 30.7 Å². The number of H-pyrrole nitrogens is 1. The van der Waals surface area contributed by atoms with E-state index >= 15 is 0 Å². The van der Waals surface area contributed by atoms with E-state index in [4.69, 9.17) is 42.2 Å². The van der Waals surface area contributed by atoms with E-state index in [1.165, 1.54) is 6.92 Å². The standard InChI is InChI=1S/C36H31N11OS2/c1-18(48)41-16-19-3-9-28-27(10-19)44-32(15-34-46-25-8-5-22(36(39)40)13-30(25)50-34)47(28)17-20-2-6-23-26(11-20)43-31(42-23)14-33-45-24-7-4-21(35(37)38)12-29(24)49-33/h2-13H,14-17H2,1H3,(H3,37,38)(H3,39,40)(H,41,48)(H,42,43). The van der Waals surface area contributed by atoms with E-state index < -0.39 is 0 Å². The summed E-state index contributed by atoms with van der Waals surface area (Å²) in [6, 6.07) is 23.6. The van der Waals surface area contributed by atoms with Gasteiger partial charge in [0.05, 0.1) is 55.3 Å². The zero-order valence-electron chi connectivity index (χ0n) is 26.9. The SMILES string of the molecule is CC(=O)NCc1ccc2c(c1)nc(Cc1nc3ccc(C(=N)N)cc3s1)n2Cc1ccc2nc(Cc3nc4ccc(C(=N)N)cc4s3)[nH]c2c1. The van der Waals surface area contributed by atoms with Gasteiger partial charge in [0.15, 0.2) is 0 Å².